The van der Waals surface area contributed by atoms with Gasteiger partial charge in [0.25, 0.3) is 5.22 Å². The third-order valence-electron chi connectivity index (χ3n) is 3.30. The van der Waals surface area contributed by atoms with Crippen LogP contribution in [-0.2, 0) is 5.75 Å². The van der Waals surface area contributed by atoms with Gasteiger partial charge in [-0.1, -0.05) is 29.4 Å². The number of halogens is 1. The quantitative estimate of drug-likeness (QED) is 0.652. The largest absolute Gasteiger partial charge is 0.454 e. The second-order valence-corrected chi connectivity index (χ2v) is 6.22. The summed E-state index contributed by atoms with van der Waals surface area (Å²) in [4.78, 5) is 0. The number of thioether (sulfide) groups is 1. The molecule has 1 aromatic heterocycles. The Balaban J connectivity index is 1.44. The van der Waals surface area contributed by atoms with Crippen molar-refractivity contribution >= 4 is 23.4 Å². The van der Waals surface area contributed by atoms with E-state index in [0.29, 0.717) is 21.9 Å². The van der Waals surface area contributed by atoms with Gasteiger partial charge in [-0.2, -0.15) is 0 Å². The lowest BCUT2D eigenvalue weighted by molar-refractivity contribution is 0.174. The monoisotopic (exact) mass is 346 g/mol. The maximum atomic E-state index is 5.87. The Morgan fingerprint density at radius 1 is 1.00 bits per heavy atom. The summed E-state index contributed by atoms with van der Waals surface area (Å²) in [5.41, 5.74) is 1.95. The van der Waals surface area contributed by atoms with Crippen LogP contribution in [0.2, 0.25) is 5.02 Å². The molecule has 0 bridgehead atoms. The molecule has 0 radical (unpaired) electrons. The molecule has 0 spiro atoms. The van der Waals surface area contributed by atoms with Crippen LogP contribution in [-0.4, -0.2) is 17.0 Å². The summed E-state index contributed by atoms with van der Waals surface area (Å²) in [5, 5.41) is 9.31. The number of benzene rings is 2. The third kappa shape index (κ3) is 3.13. The van der Waals surface area contributed by atoms with Gasteiger partial charge >= 0.3 is 0 Å². The van der Waals surface area contributed by atoms with Crippen LogP contribution < -0.4 is 9.47 Å². The average molecular weight is 347 g/mol. The van der Waals surface area contributed by atoms with Gasteiger partial charge in [0.1, 0.15) is 0 Å². The van der Waals surface area contributed by atoms with Crippen molar-refractivity contribution in [3.05, 3.63) is 53.1 Å². The van der Waals surface area contributed by atoms with E-state index in [9.17, 15) is 0 Å². The minimum atomic E-state index is 0.278. The molecule has 23 heavy (non-hydrogen) atoms. The van der Waals surface area contributed by atoms with Gasteiger partial charge in [-0.15, -0.1) is 10.2 Å². The van der Waals surface area contributed by atoms with E-state index >= 15 is 0 Å². The number of hydrogen-bond acceptors (Lipinski definition) is 6. The van der Waals surface area contributed by atoms with Crippen molar-refractivity contribution in [3.8, 4) is 23.0 Å². The van der Waals surface area contributed by atoms with Gasteiger partial charge in [0.15, 0.2) is 11.5 Å². The summed E-state index contributed by atoms with van der Waals surface area (Å²) >= 11 is 7.35. The lowest BCUT2D eigenvalue weighted by atomic mass is 10.2. The highest BCUT2D eigenvalue weighted by molar-refractivity contribution is 7.98. The van der Waals surface area contributed by atoms with E-state index in [4.69, 9.17) is 25.5 Å². The molecule has 0 saturated carbocycles. The fraction of sp³-hybridized carbons (Fsp3) is 0.125. The predicted molar refractivity (Wildman–Crippen MR) is 86.9 cm³/mol. The van der Waals surface area contributed by atoms with Crippen LogP contribution in [0.3, 0.4) is 0 Å². The Kier molecular flexibility index (Phi) is 3.85. The lowest BCUT2D eigenvalue weighted by Gasteiger charge is -2.00. The van der Waals surface area contributed by atoms with Gasteiger partial charge in [-0.3, -0.25) is 0 Å². The molecule has 3 aromatic rings. The number of hydrogen-bond donors (Lipinski definition) is 0. The Hall–Kier alpha value is -2.18. The molecule has 1 aliphatic rings. The predicted octanol–water partition coefficient (Wildman–Crippen LogP) is 4.41. The van der Waals surface area contributed by atoms with Crippen molar-refractivity contribution in [1.29, 1.82) is 0 Å². The second-order valence-electron chi connectivity index (χ2n) is 4.86. The minimum Gasteiger partial charge on any atom is -0.454 e. The molecule has 0 fully saturated rings. The van der Waals surface area contributed by atoms with Gasteiger partial charge in [0.2, 0.25) is 12.7 Å². The highest BCUT2D eigenvalue weighted by Gasteiger charge is 2.14. The highest BCUT2D eigenvalue weighted by atomic mass is 35.5. The second kappa shape index (κ2) is 6.14. The van der Waals surface area contributed by atoms with Gasteiger partial charge in [-0.25, -0.2) is 0 Å². The third-order valence-corrected chi connectivity index (χ3v) is 4.44. The molecule has 0 amide bonds. The zero-order chi connectivity index (χ0) is 15.6. The zero-order valence-corrected chi connectivity index (χ0v) is 13.4. The van der Waals surface area contributed by atoms with Crippen LogP contribution in [0.5, 0.6) is 11.5 Å². The van der Waals surface area contributed by atoms with Crippen LogP contribution in [0.4, 0.5) is 0 Å². The van der Waals surface area contributed by atoms with E-state index in [2.05, 4.69) is 10.2 Å². The molecule has 0 atom stereocenters. The minimum absolute atomic E-state index is 0.278. The first-order chi connectivity index (χ1) is 11.3. The molecule has 7 heteroatoms. The van der Waals surface area contributed by atoms with Crippen LogP contribution >= 0.6 is 23.4 Å². The van der Waals surface area contributed by atoms with Crippen LogP contribution in [0.15, 0.2) is 52.1 Å². The van der Waals surface area contributed by atoms with E-state index in [1.165, 1.54) is 11.8 Å². The van der Waals surface area contributed by atoms with Gasteiger partial charge < -0.3 is 13.9 Å². The molecule has 0 saturated heterocycles. The van der Waals surface area contributed by atoms with Crippen molar-refractivity contribution in [3.63, 3.8) is 0 Å². The average Bonchev–Trinajstić information content (AvgIpc) is 3.22. The summed E-state index contributed by atoms with van der Waals surface area (Å²) in [7, 11) is 0. The molecule has 5 nitrogen and oxygen atoms in total. The highest BCUT2D eigenvalue weighted by Crippen LogP contribution is 2.34. The van der Waals surface area contributed by atoms with Crippen molar-refractivity contribution in [1.82, 2.24) is 10.2 Å². The molecule has 0 N–H and O–H groups in total. The van der Waals surface area contributed by atoms with E-state index in [0.717, 1.165) is 22.6 Å². The maximum absolute atomic E-state index is 5.87. The molecular weight excluding hydrogens is 336 g/mol. The summed E-state index contributed by atoms with van der Waals surface area (Å²) in [6, 6.07) is 13.2. The SMILES string of the molecule is Clc1ccc(-c2nnc(SCc3ccc4c(c3)OCO4)o2)cc1. The van der Waals surface area contributed by atoms with Crippen LogP contribution in [0, 0.1) is 0 Å². The Morgan fingerprint density at radius 3 is 2.70 bits per heavy atom. The zero-order valence-electron chi connectivity index (χ0n) is 11.9. The molecular formula is C16H11ClN2O3S. The lowest BCUT2D eigenvalue weighted by Crippen LogP contribution is -1.92. The Morgan fingerprint density at radius 2 is 1.83 bits per heavy atom. The van der Waals surface area contributed by atoms with Crippen molar-refractivity contribution < 1.29 is 13.9 Å². The van der Waals surface area contributed by atoms with Crippen molar-refractivity contribution in [2.24, 2.45) is 0 Å². The molecule has 0 aliphatic carbocycles. The summed E-state index contributed by atoms with van der Waals surface area (Å²) in [6.07, 6.45) is 0. The fourth-order valence-corrected chi connectivity index (χ4v) is 2.99. The van der Waals surface area contributed by atoms with Gasteiger partial charge in [-0.05, 0) is 42.0 Å². The normalized spacial score (nSPS) is 12.6. The molecule has 2 aromatic carbocycles. The van der Waals surface area contributed by atoms with Crippen LogP contribution in [0.25, 0.3) is 11.5 Å². The van der Waals surface area contributed by atoms with E-state index in [-0.39, 0.29) is 6.79 Å². The number of aromatic nitrogens is 2. The van der Waals surface area contributed by atoms with E-state index in [1.807, 2.05) is 30.3 Å². The van der Waals surface area contributed by atoms with E-state index < -0.39 is 0 Å². The fourth-order valence-electron chi connectivity index (χ4n) is 2.15. The maximum Gasteiger partial charge on any atom is 0.277 e. The topological polar surface area (TPSA) is 57.4 Å². The first kappa shape index (κ1) is 14.4. The first-order valence-electron chi connectivity index (χ1n) is 6.89. The molecule has 2 heterocycles. The number of nitrogens with zero attached hydrogens (tertiary/aromatic N) is 2. The van der Waals surface area contributed by atoms with Crippen LogP contribution in [0.1, 0.15) is 5.56 Å². The smallest absolute Gasteiger partial charge is 0.277 e. The number of ether oxygens (including phenoxy) is 2. The Labute approximate surface area is 141 Å². The van der Waals surface area contributed by atoms with Crippen molar-refractivity contribution in [2.75, 3.05) is 6.79 Å². The van der Waals surface area contributed by atoms with Gasteiger partial charge in [0.05, 0.1) is 0 Å². The number of fused-ring (bicyclic) bond motifs is 1. The van der Waals surface area contributed by atoms with Crippen molar-refractivity contribution in [2.45, 2.75) is 11.0 Å². The van der Waals surface area contributed by atoms with Gasteiger partial charge in [0, 0.05) is 16.3 Å². The molecule has 116 valence electrons. The summed E-state index contributed by atoms with van der Waals surface area (Å²) in [5.74, 6) is 2.74. The molecule has 0 unspecified atom stereocenters. The molecule has 4 rings (SSSR count). The number of rotatable bonds is 4. The Bertz CT molecular complexity index is 836. The summed E-state index contributed by atoms with van der Waals surface area (Å²) in [6.45, 7) is 0.278. The van der Waals surface area contributed by atoms with E-state index in [1.54, 1.807) is 12.1 Å². The molecule has 1 aliphatic heterocycles. The standard InChI is InChI=1S/C16H11ClN2O3S/c17-12-4-2-11(3-5-12)15-18-19-16(22-15)23-8-10-1-6-13-14(7-10)21-9-20-13/h1-7H,8-9H2. The summed E-state index contributed by atoms with van der Waals surface area (Å²) < 4.78 is 16.3. The first-order valence-corrected chi connectivity index (χ1v) is 8.25.